The molecule has 0 bridgehead atoms. The van der Waals surface area contributed by atoms with Gasteiger partial charge in [0.2, 0.25) is 0 Å². The van der Waals surface area contributed by atoms with Crippen LogP contribution in [0, 0.1) is 0 Å². The van der Waals surface area contributed by atoms with Crippen LogP contribution in [0.25, 0.3) is 10.2 Å². The lowest BCUT2D eigenvalue weighted by Gasteiger charge is -2.07. The van der Waals surface area contributed by atoms with E-state index in [0.29, 0.717) is 11.4 Å². The summed E-state index contributed by atoms with van der Waals surface area (Å²) in [5.41, 5.74) is 10.4. The molecular formula is C14H12N4OS. The fourth-order valence-corrected chi connectivity index (χ4v) is 2.51. The molecule has 6 heteroatoms. The monoisotopic (exact) mass is 284 g/mol. The molecule has 3 rings (SSSR count). The fourth-order valence-electron chi connectivity index (χ4n) is 1.79. The predicted molar refractivity (Wildman–Crippen MR) is 83.1 cm³/mol. The topological polar surface area (TPSA) is 80.0 Å². The highest BCUT2D eigenvalue weighted by molar-refractivity contribution is 7.16. The molecule has 3 aromatic rings. The molecule has 2 aromatic carbocycles. The second-order valence-corrected chi connectivity index (χ2v) is 5.12. The van der Waals surface area contributed by atoms with Gasteiger partial charge in [0.25, 0.3) is 0 Å². The number of rotatable bonds is 2. The number of aromatic nitrogens is 1. The first-order chi connectivity index (χ1) is 9.70. The molecule has 0 saturated heterocycles. The zero-order chi connectivity index (χ0) is 13.9. The first kappa shape index (κ1) is 12.4. The second kappa shape index (κ2) is 5.18. The van der Waals surface area contributed by atoms with Crippen LogP contribution in [0.5, 0.6) is 0 Å². The van der Waals surface area contributed by atoms with Gasteiger partial charge in [0.1, 0.15) is 0 Å². The molecule has 20 heavy (non-hydrogen) atoms. The summed E-state index contributed by atoms with van der Waals surface area (Å²) in [7, 11) is 0. The zero-order valence-corrected chi connectivity index (χ0v) is 11.3. The maximum atomic E-state index is 11.9. The van der Waals surface area contributed by atoms with Gasteiger partial charge in [-0.05, 0) is 42.5 Å². The summed E-state index contributed by atoms with van der Waals surface area (Å²) in [6.07, 6.45) is 0. The lowest BCUT2D eigenvalue weighted by atomic mass is 10.3. The number of nitrogens with two attached hydrogens (primary N) is 1. The molecule has 0 aliphatic carbocycles. The number of hydrogen-bond acceptors (Lipinski definition) is 4. The van der Waals surface area contributed by atoms with E-state index in [9.17, 15) is 4.79 Å². The minimum Gasteiger partial charge on any atom is -0.399 e. The van der Waals surface area contributed by atoms with E-state index < -0.39 is 0 Å². The molecule has 0 aliphatic rings. The van der Waals surface area contributed by atoms with Crippen molar-refractivity contribution in [3.63, 3.8) is 0 Å². The molecule has 2 amide bonds. The Hall–Kier alpha value is -2.60. The van der Waals surface area contributed by atoms with Gasteiger partial charge in [0, 0.05) is 17.1 Å². The SMILES string of the molecule is Nc1ccc(NC(=O)Nc2ccc3ncsc3c2)cc1. The summed E-state index contributed by atoms with van der Waals surface area (Å²) in [6, 6.07) is 12.3. The van der Waals surface area contributed by atoms with Gasteiger partial charge in [0.05, 0.1) is 15.7 Å². The molecule has 5 nitrogen and oxygen atoms in total. The third-order valence-corrected chi connectivity index (χ3v) is 3.55. The molecule has 1 aromatic heterocycles. The first-order valence-corrected chi connectivity index (χ1v) is 6.85. The van der Waals surface area contributed by atoms with Crippen molar-refractivity contribution in [1.29, 1.82) is 0 Å². The van der Waals surface area contributed by atoms with Gasteiger partial charge >= 0.3 is 6.03 Å². The Morgan fingerprint density at radius 2 is 1.75 bits per heavy atom. The van der Waals surface area contributed by atoms with Crippen molar-refractivity contribution in [2.75, 3.05) is 16.4 Å². The van der Waals surface area contributed by atoms with Crippen LogP contribution in [0.1, 0.15) is 0 Å². The quantitative estimate of drug-likeness (QED) is 0.630. The van der Waals surface area contributed by atoms with Crippen molar-refractivity contribution in [1.82, 2.24) is 4.98 Å². The number of nitrogens with zero attached hydrogens (tertiary/aromatic N) is 1. The molecule has 4 N–H and O–H groups in total. The van der Waals surface area contributed by atoms with E-state index in [1.807, 2.05) is 18.2 Å². The molecule has 0 atom stereocenters. The van der Waals surface area contributed by atoms with Crippen LogP contribution in [0.15, 0.2) is 48.0 Å². The van der Waals surface area contributed by atoms with Gasteiger partial charge in [0.15, 0.2) is 0 Å². The number of urea groups is 1. The van der Waals surface area contributed by atoms with Crippen LogP contribution in [0.4, 0.5) is 21.9 Å². The fraction of sp³-hybridized carbons (Fsp3) is 0. The van der Waals surface area contributed by atoms with E-state index in [4.69, 9.17) is 5.73 Å². The predicted octanol–water partition coefficient (Wildman–Crippen LogP) is 3.52. The third kappa shape index (κ3) is 2.70. The number of benzene rings is 2. The van der Waals surface area contributed by atoms with E-state index in [1.54, 1.807) is 29.8 Å². The zero-order valence-electron chi connectivity index (χ0n) is 10.5. The number of thiazole rings is 1. The average Bonchev–Trinajstić information content (AvgIpc) is 2.89. The standard InChI is InChI=1S/C14H12N4OS/c15-9-1-3-10(4-2-9)17-14(19)18-11-5-6-12-13(7-11)20-8-16-12/h1-8H,15H2,(H2,17,18,19). The van der Waals surface area contributed by atoms with Gasteiger partial charge in [-0.25, -0.2) is 9.78 Å². The smallest absolute Gasteiger partial charge is 0.323 e. The Morgan fingerprint density at radius 1 is 1.05 bits per heavy atom. The molecule has 0 spiro atoms. The molecule has 0 radical (unpaired) electrons. The number of carbonyl (C=O) groups is 1. The Bertz CT molecular complexity index is 751. The van der Waals surface area contributed by atoms with Gasteiger partial charge in [-0.15, -0.1) is 11.3 Å². The molecular weight excluding hydrogens is 272 g/mol. The van der Waals surface area contributed by atoms with Crippen molar-refractivity contribution in [3.05, 3.63) is 48.0 Å². The first-order valence-electron chi connectivity index (χ1n) is 5.97. The summed E-state index contributed by atoms with van der Waals surface area (Å²) in [4.78, 5) is 16.1. The van der Waals surface area contributed by atoms with E-state index in [1.165, 1.54) is 11.3 Å². The number of anilines is 3. The van der Waals surface area contributed by atoms with E-state index in [2.05, 4.69) is 15.6 Å². The Morgan fingerprint density at radius 3 is 2.55 bits per heavy atom. The normalized spacial score (nSPS) is 10.4. The van der Waals surface area contributed by atoms with Crippen LogP contribution < -0.4 is 16.4 Å². The van der Waals surface area contributed by atoms with Gasteiger partial charge in [-0.1, -0.05) is 0 Å². The summed E-state index contributed by atoms with van der Waals surface area (Å²) in [5.74, 6) is 0. The molecule has 0 aliphatic heterocycles. The second-order valence-electron chi connectivity index (χ2n) is 4.24. The van der Waals surface area contributed by atoms with E-state index in [0.717, 1.165) is 15.9 Å². The minimum atomic E-state index is -0.293. The van der Waals surface area contributed by atoms with Crippen LogP contribution in [-0.2, 0) is 0 Å². The van der Waals surface area contributed by atoms with Crippen LogP contribution in [0.2, 0.25) is 0 Å². The number of fused-ring (bicyclic) bond motifs is 1. The highest BCUT2D eigenvalue weighted by atomic mass is 32.1. The van der Waals surface area contributed by atoms with Crippen molar-refractivity contribution in [2.45, 2.75) is 0 Å². The molecule has 0 unspecified atom stereocenters. The number of carbonyl (C=O) groups excluding carboxylic acids is 1. The minimum absolute atomic E-state index is 0.293. The summed E-state index contributed by atoms with van der Waals surface area (Å²) < 4.78 is 1.04. The molecule has 100 valence electrons. The van der Waals surface area contributed by atoms with Crippen molar-refractivity contribution >= 4 is 44.6 Å². The molecule has 0 fully saturated rings. The Labute approximate surface area is 119 Å². The summed E-state index contributed by atoms with van der Waals surface area (Å²) >= 11 is 1.54. The van der Waals surface area contributed by atoms with Crippen molar-refractivity contribution in [2.24, 2.45) is 0 Å². The highest BCUT2D eigenvalue weighted by Gasteiger charge is 2.04. The molecule has 0 saturated carbocycles. The Balaban J connectivity index is 1.70. The summed E-state index contributed by atoms with van der Waals surface area (Å²) in [6.45, 7) is 0. The molecule has 1 heterocycles. The van der Waals surface area contributed by atoms with E-state index >= 15 is 0 Å². The number of amides is 2. The lowest BCUT2D eigenvalue weighted by molar-refractivity contribution is 0.262. The highest BCUT2D eigenvalue weighted by Crippen LogP contribution is 2.22. The lowest BCUT2D eigenvalue weighted by Crippen LogP contribution is -2.19. The van der Waals surface area contributed by atoms with Gasteiger partial charge in [-0.2, -0.15) is 0 Å². The number of hydrogen-bond donors (Lipinski definition) is 3. The van der Waals surface area contributed by atoms with Crippen molar-refractivity contribution < 1.29 is 4.79 Å². The van der Waals surface area contributed by atoms with Crippen molar-refractivity contribution in [3.8, 4) is 0 Å². The Kier molecular flexibility index (Phi) is 3.22. The van der Waals surface area contributed by atoms with Crippen LogP contribution >= 0.6 is 11.3 Å². The average molecular weight is 284 g/mol. The number of nitrogens with one attached hydrogen (secondary N) is 2. The van der Waals surface area contributed by atoms with E-state index in [-0.39, 0.29) is 6.03 Å². The maximum absolute atomic E-state index is 11.9. The third-order valence-electron chi connectivity index (χ3n) is 2.76. The summed E-state index contributed by atoms with van der Waals surface area (Å²) in [5, 5.41) is 5.53. The largest absolute Gasteiger partial charge is 0.399 e. The van der Waals surface area contributed by atoms with Gasteiger partial charge < -0.3 is 16.4 Å². The van der Waals surface area contributed by atoms with Crippen LogP contribution in [0.3, 0.4) is 0 Å². The number of nitrogen functional groups attached to an aromatic ring is 1. The van der Waals surface area contributed by atoms with Crippen LogP contribution in [-0.4, -0.2) is 11.0 Å². The van der Waals surface area contributed by atoms with Gasteiger partial charge in [-0.3, -0.25) is 0 Å². The maximum Gasteiger partial charge on any atom is 0.323 e.